The molecule has 20 heavy (non-hydrogen) atoms. The minimum absolute atomic E-state index is 0.0743. The van der Waals surface area contributed by atoms with Gasteiger partial charge >= 0.3 is 4.87 Å². The summed E-state index contributed by atoms with van der Waals surface area (Å²) in [5.41, 5.74) is 6.51. The smallest absolute Gasteiger partial charge is 0.304 e. The average Bonchev–Trinajstić information content (AvgIpc) is 3.07. The lowest BCUT2D eigenvalue weighted by molar-refractivity contribution is 0.879. The van der Waals surface area contributed by atoms with E-state index in [-0.39, 0.29) is 10.8 Å². The van der Waals surface area contributed by atoms with E-state index in [1.54, 1.807) is 5.38 Å². The van der Waals surface area contributed by atoms with Crippen LogP contribution in [0.25, 0.3) is 0 Å². The molecule has 0 radical (unpaired) electrons. The van der Waals surface area contributed by atoms with E-state index in [0.29, 0.717) is 18.4 Å². The van der Waals surface area contributed by atoms with E-state index >= 15 is 0 Å². The lowest BCUT2D eigenvalue weighted by Gasteiger charge is -2.15. The Hall–Kier alpha value is -2.16. The molecule has 4 N–H and O–H groups in total. The van der Waals surface area contributed by atoms with Gasteiger partial charge < -0.3 is 20.9 Å². The predicted octanol–water partition coefficient (Wildman–Crippen LogP) is 0.416. The van der Waals surface area contributed by atoms with Gasteiger partial charge in [-0.05, 0) is 12.8 Å². The first-order valence-corrected chi connectivity index (χ1v) is 7.26. The number of thiazole rings is 1. The molecule has 0 atom stereocenters. The Kier molecular flexibility index (Phi) is 3.50. The average molecular weight is 293 g/mol. The summed E-state index contributed by atoms with van der Waals surface area (Å²) >= 11 is 1.13. The van der Waals surface area contributed by atoms with Gasteiger partial charge in [0.2, 0.25) is 17.8 Å². The molecule has 3 rings (SSSR count). The van der Waals surface area contributed by atoms with Crippen molar-refractivity contribution in [3.8, 4) is 0 Å². The van der Waals surface area contributed by atoms with Crippen molar-refractivity contribution in [1.29, 1.82) is 0 Å². The van der Waals surface area contributed by atoms with Crippen LogP contribution in [0.4, 0.5) is 17.8 Å². The third-order valence-electron chi connectivity index (χ3n) is 3.04. The number of nitrogens with zero attached hydrogens (tertiary/aromatic N) is 4. The largest absolute Gasteiger partial charge is 0.368 e. The fraction of sp³-hybridized carbons (Fsp3) is 0.455. The van der Waals surface area contributed by atoms with Crippen LogP contribution in [0.5, 0.6) is 0 Å². The molecule has 1 aliphatic rings. The van der Waals surface area contributed by atoms with Crippen molar-refractivity contribution in [2.45, 2.75) is 19.4 Å². The number of aromatic nitrogens is 4. The lowest BCUT2D eigenvalue weighted by Crippen LogP contribution is -2.22. The second kappa shape index (κ2) is 5.45. The zero-order chi connectivity index (χ0) is 13.9. The highest BCUT2D eigenvalue weighted by atomic mass is 32.1. The summed E-state index contributed by atoms with van der Waals surface area (Å²) in [6.07, 6.45) is 2.29. The maximum atomic E-state index is 11.1. The summed E-state index contributed by atoms with van der Waals surface area (Å²) in [6, 6.07) is 0. The second-order valence-corrected chi connectivity index (χ2v) is 5.38. The summed E-state index contributed by atoms with van der Waals surface area (Å²) in [5, 5.41) is 4.81. The van der Waals surface area contributed by atoms with E-state index < -0.39 is 0 Å². The van der Waals surface area contributed by atoms with Gasteiger partial charge in [0.25, 0.3) is 0 Å². The van der Waals surface area contributed by atoms with Gasteiger partial charge in [0.05, 0.1) is 6.54 Å². The van der Waals surface area contributed by atoms with Gasteiger partial charge in [-0.3, -0.25) is 4.79 Å². The number of aromatic amines is 1. The molecule has 106 valence electrons. The molecule has 0 saturated carbocycles. The third kappa shape index (κ3) is 2.87. The number of nitrogen functional groups attached to an aromatic ring is 1. The minimum atomic E-state index is -0.0743. The molecule has 9 heteroatoms. The molecular weight excluding hydrogens is 278 g/mol. The second-order valence-electron chi connectivity index (χ2n) is 4.54. The molecule has 1 fully saturated rings. The molecule has 8 nitrogen and oxygen atoms in total. The van der Waals surface area contributed by atoms with E-state index in [4.69, 9.17) is 5.73 Å². The molecule has 3 heterocycles. The fourth-order valence-corrected chi connectivity index (χ4v) is 2.67. The zero-order valence-corrected chi connectivity index (χ0v) is 11.6. The van der Waals surface area contributed by atoms with Gasteiger partial charge in [0, 0.05) is 24.2 Å². The number of H-pyrrole nitrogens is 1. The topological polar surface area (TPSA) is 113 Å². The first-order chi connectivity index (χ1) is 9.70. The van der Waals surface area contributed by atoms with E-state index in [9.17, 15) is 4.79 Å². The van der Waals surface area contributed by atoms with Crippen molar-refractivity contribution >= 4 is 29.2 Å². The van der Waals surface area contributed by atoms with Gasteiger partial charge in [-0.15, -0.1) is 0 Å². The van der Waals surface area contributed by atoms with Crippen LogP contribution in [0.1, 0.15) is 18.5 Å². The standard InChI is InChI=1S/C11H15N7OS/c12-8-15-9(13-5-7-6-20-11(19)14-7)17-10(16-8)18-3-1-2-4-18/h6H,1-5H2,(H,14,19)(H3,12,13,15,16,17). The van der Waals surface area contributed by atoms with Crippen molar-refractivity contribution in [2.24, 2.45) is 0 Å². The summed E-state index contributed by atoms with van der Waals surface area (Å²) in [5.74, 6) is 1.23. The number of hydrogen-bond acceptors (Lipinski definition) is 8. The van der Waals surface area contributed by atoms with E-state index in [2.05, 4.69) is 30.2 Å². The molecule has 0 unspecified atom stereocenters. The summed E-state index contributed by atoms with van der Waals surface area (Å²) in [6.45, 7) is 2.34. The van der Waals surface area contributed by atoms with Crippen molar-refractivity contribution in [1.82, 2.24) is 19.9 Å². The normalized spacial score (nSPS) is 14.7. The van der Waals surface area contributed by atoms with Gasteiger partial charge in [0.15, 0.2) is 0 Å². The fourth-order valence-electron chi connectivity index (χ4n) is 2.09. The highest BCUT2D eigenvalue weighted by Gasteiger charge is 2.16. The van der Waals surface area contributed by atoms with E-state index in [0.717, 1.165) is 43.0 Å². The predicted molar refractivity (Wildman–Crippen MR) is 78.0 cm³/mol. The van der Waals surface area contributed by atoms with Crippen LogP contribution in [0.3, 0.4) is 0 Å². The molecule has 1 aliphatic heterocycles. The molecule has 2 aromatic heterocycles. The SMILES string of the molecule is Nc1nc(NCc2csc(=O)[nH]2)nc(N2CCCC2)n1. The molecule has 0 spiro atoms. The Balaban J connectivity index is 1.73. The Morgan fingerprint density at radius 3 is 2.85 bits per heavy atom. The van der Waals surface area contributed by atoms with Crippen LogP contribution >= 0.6 is 11.3 Å². The zero-order valence-electron chi connectivity index (χ0n) is 10.8. The molecule has 0 amide bonds. The molecule has 1 saturated heterocycles. The number of hydrogen-bond donors (Lipinski definition) is 3. The third-order valence-corrected chi connectivity index (χ3v) is 3.76. The van der Waals surface area contributed by atoms with Crippen LogP contribution in [0.15, 0.2) is 10.2 Å². The van der Waals surface area contributed by atoms with Crippen LogP contribution in [0, 0.1) is 0 Å². The summed E-state index contributed by atoms with van der Waals surface area (Å²) < 4.78 is 0. The number of rotatable bonds is 4. The summed E-state index contributed by atoms with van der Waals surface area (Å²) in [4.78, 5) is 28.4. The number of nitrogens with two attached hydrogens (primary N) is 1. The van der Waals surface area contributed by atoms with Gasteiger partial charge in [-0.1, -0.05) is 11.3 Å². The number of nitrogens with one attached hydrogen (secondary N) is 2. The Morgan fingerprint density at radius 1 is 1.35 bits per heavy atom. The maximum Gasteiger partial charge on any atom is 0.304 e. The molecular formula is C11H15N7OS. The summed E-state index contributed by atoms with van der Waals surface area (Å²) in [7, 11) is 0. The lowest BCUT2D eigenvalue weighted by atomic mass is 10.4. The van der Waals surface area contributed by atoms with Crippen LogP contribution in [-0.2, 0) is 6.54 Å². The molecule has 0 aromatic carbocycles. The van der Waals surface area contributed by atoms with Crippen molar-refractivity contribution in [3.05, 3.63) is 20.7 Å². The first kappa shape index (κ1) is 12.9. The van der Waals surface area contributed by atoms with Crippen molar-refractivity contribution in [2.75, 3.05) is 29.0 Å². The van der Waals surface area contributed by atoms with Crippen molar-refractivity contribution in [3.63, 3.8) is 0 Å². The quantitative estimate of drug-likeness (QED) is 0.748. The minimum Gasteiger partial charge on any atom is -0.368 e. The highest BCUT2D eigenvalue weighted by Crippen LogP contribution is 2.17. The van der Waals surface area contributed by atoms with Crippen LogP contribution in [0.2, 0.25) is 0 Å². The molecule has 0 bridgehead atoms. The number of anilines is 3. The van der Waals surface area contributed by atoms with Crippen LogP contribution in [-0.4, -0.2) is 33.0 Å². The maximum absolute atomic E-state index is 11.1. The Bertz CT molecular complexity index is 646. The van der Waals surface area contributed by atoms with Crippen LogP contribution < -0.4 is 20.8 Å². The van der Waals surface area contributed by atoms with Crippen molar-refractivity contribution < 1.29 is 0 Å². The van der Waals surface area contributed by atoms with E-state index in [1.165, 1.54) is 0 Å². The molecule has 2 aromatic rings. The monoisotopic (exact) mass is 293 g/mol. The first-order valence-electron chi connectivity index (χ1n) is 6.38. The molecule has 0 aliphatic carbocycles. The van der Waals surface area contributed by atoms with Gasteiger partial charge in [0.1, 0.15) is 0 Å². The van der Waals surface area contributed by atoms with Gasteiger partial charge in [-0.25, -0.2) is 0 Å². The highest BCUT2D eigenvalue weighted by molar-refractivity contribution is 7.07. The van der Waals surface area contributed by atoms with E-state index in [1.807, 2.05) is 0 Å². The van der Waals surface area contributed by atoms with Gasteiger partial charge in [-0.2, -0.15) is 15.0 Å². The Morgan fingerprint density at radius 2 is 2.15 bits per heavy atom. The Labute approximate surface area is 119 Å².